The molecule has 1 aliphatic heterocycles. The molecule has 1 aromatic rings. The van der Waals surface area contributed by atoms with Crippen LogP contribution in [0.25, 0.3) is 0 Å². The van der Waals surface area contributed by atoms with Crippen molar-refractivity contribution < 1.29 is 9.47 Å². The van der Waals surface area contributed by atoms with E-state index in [9.17, 15) is 0 Å². The zero-order chi connectivity index (χ0) is 11.2. The van der Waals surface area contributed by atoms with E-state index >= 15 is 0 Å². The summed E-state index contributed by atoms with van der Waals surface area (Å²) in [7, 11) is 0. The van der Waals surface area contributed by atoms with Gasteiger partial charge in [0.05, 0.1) is 12.5 Å². The van der Waals surface area contributed by atoms with E-state index in [-0.39, 0.29) is 0 Å². The number of pyridine rings is 1. The lowest BCUT2D eigenvalue weighted by molar-refractivity contribution is 0.0496. The first-order valence-corrected chi connectivity index (χ1v) is 6.13. The summed E-state index contributed by atoms with van der Waals surface area (Å²) in [5.41, 5.74) is 0.955. The zero-order valence-electron chi connectivity index (χ0n) is 9.19. The van der Waals surface area contributed by atoms with Crippen LogP contribution in [0.15, 0.2) is 18.5 Å². The molecule has 0 atom stereocenters. The van der Waals surface area contributed by atoms with Crippen molar-refractivity contribution in [3.63, 3.8) is 0 Å². The number of hydrogen-bond acceptors (Lipinski definition) is 3. The molecule has 0 aromatic carbocycles. The summed E-state index contributed by atoms with van der Waals surface area (Å²) < 4.78 is 11.1. The maximum Gasteiger partial charge on any atom is 0.126 e. The molecular formula is C12H16ClNO2. The Morgan fingerprint density at radius 1 is 1.44 bits per heavy atom. The maximum atomic E-state index is 5.81. The van der Waals surface area contributed by atoms with Crippen molar-refractivity contribution in [2.75, 3.05) is 19.8 Å². The molecule has 16 heavy (non-hydrogen) atoms. The standard InChI is InChI=1S/C12H16ClNO2/c13-7-11-8-14-4-1-12(11)16-9-10-2-5-15-6-3-10/h1,4,8,10H,2-3,5-7,9H2. The summed E-state index contributed by atoms with van der Waals surface area (Å²) in [4.78, 5) is 4.03. The van der Waals surface area contributed by atoms with Crippen molar-refractivity contribution in [2.45, 2.75) is 18.7 Å². The summed E-state index contributed by atoms with van der Waals surface area (Å²) >= 11 is 5.81. The van der Waals surface area contributed by atoms with Crippen LogP contribution in [0.2, 0.25) is 0 Å². The second-order valence-corrected chi connectivity index (χ2v) is 4.25. The summed E-state index contributed by atoms with van der Waals surface area (Å²) in [5.74, 6) is 1.90. The Bertz CT molecular complexity index is 327. The minimum absolute atomic E-state index is 0.441. The van der Waals surface area contributed by atoms with E-state index in [1.54, 1.807) is 12.4 Å². The van der Waals surface area contributed by atoms with Crippen LogP contribution in [0.1, 0.15) is 18.4 Å². The molecule has 0 unspecified atom stereocenters. The lowest BCUT2D eigenvalue weighted by Gasteiger charge is -2.22. The second-order valence-electron chi connectivity index (χ2n) is 3.98. The first-order chi connectivity index (χ1) is 7.90. The van der Waals surface area contributed by atoms with Gasteiger partial charge in [-0.1, -0.05) is 0 Å². The summed E-state index contributed by atoms with van der Waals surface area (Å²) in [6.45, 7) is 2.46. The second kappa shape index (κ2) is 6.06. The predicted octanol–water partition coefficient (Wildman–Crippen LogP) is 2.63. The van der Waals surface area contributed by atoms with Crippen molar-refractivity contribution in [1.29, 1.82) is 0 Å². The van der Waals surface area contributed by atoms with Crippen LogP contribution in [0.3, 0.4) is 0 Å². The van der Waals surface area contributed by atoms with Crippen LogP contribution in [-0.4, -0.2) is 24.8 Å². The predicted molar refractivity (Wildman–Crippen MR) is 62.8 cm³/mol. The van der Waals surface area contributed by atoms with E-state index in [2.05, 4.69) is 4.98 Å². The average molecular weight is 242 g/mol. The fourth-order valence-electron chi connectivity index (χ4n) is 1.78. The fraction of sp³-hybridized carbons (Fsp3) is 0.583. The molecule has 0 aliphatic carbocycles. The highest BCUT2D eigenvalue weighted by molar-refractivity contribution is 6.17. The Labute approximate surface area is 101 Å². The molecule has 88 valence electrons. The molecule has 0 bridgehead atoms. The van der Waals surface area contributed by atoms with Gasteiger partial charge in [0.25, 0.3) is 0 Å². The monoisotopic (exact) mass is 241 g/mol. The van der Waals surface area contributed by atoms with E-state index in [4.69, 9.17) is 21.1 Å². The van der Waals surface area contributed by atoms with Crippen molar-refractivity contribution in [3.05, 3.63) is 24.0 Å². The van der Waals surface area contributed by atoms with Crippen molar-refractivity contribution >= 4 is 11.6 Å². The van der Waals surface area contributed by atoms with E-state index in [1.165, 1.54) is 0 Å². The topological polar surface area (TPSA) is 31.4 Å². The SMILES string of the molecule is ClCc1cnccc1OCC1CCOCC1. The molecular weight excluding hydrogens is 226 g/mol. The van der Waals surface area contributed by atoms with Gasteiger partial charge in [-0.15, -0.1) is 11.6 Å². The third-order valence-electron chi connectivity index (χ3n) is 2.82. The molecule has 0 radical (unpaired) electrons. The van der Waals surface area contributed by atoms with Crippen LogP contribution < -0.4 is 4.74 Å². The highest BCUT2D eigenvalue weighted by Gasteiger charge is 2.15. The van der Waals surface area contributed by atoms with Crippen molar-refractivity contribution in [1.82, 2.24) is 4.98 Å². The molecule has 0 N–H and O–H groups in total. The number of rotatable bonds is 4. The van der Waals surface area contributed by atoms with Crippen molar-refractivity contribution in [3.8, 4) is 5.75 Å². The van der Waals surface area contributed by atoms with Crippen LogP contribution >= 0.6 is 11.6 Å². The van der Waals surface area contributed by atoms with Crippen molar-refractivity contribution in [2.24, 2.45) is 5.92 Å². The zero-order valence-corrected chi connectivity index (χ0v) is 9.95. The Morgan fingerprint density at radius 2 is 2.25 bits per heavy atom. The Morgan fingerprint density at radius 3 is 3.00 bits per heavy atom. The van der Waals surface area contributed by atoms with Crippen LogP contribution in [0.5, 0.6) is 5.75 Å². The van der Waals surface area contributed by atoms with Gasteiger partial charge in [-0.3, -0.25) is 4.98 Å². The molecule has 1 fully saturated rings. The molecule has 1 aliphatic rings. The van der Waals surface area contributed by atoms with Gasteiger partial charge in [0, 0.05) is 31.2 Å². The lowest BCUT2D eigenvalue weighted by atomic mass is 10.0. The van der Waals surface area contributed by atoms with E-state index in [0.29, 0.717) is 11.8 Å². The Balaban J connectivity index is 1.88. The third kappa shape index (κ3) is 3.09. The van der Waals surface area contributed by atoms with E-state index in [1.807, 2.05) is 6.07 Å². The molecule has 3 nitrogen and oxygen atoms in total. The maximum absolute atomic E-state index is 5.81. The molecule has 2 rings (SSSR count). The van der Waals surface area contributed by atoms with Crippen LogP contribution in [0.4, 0.5) is 0 Å². The molecule has 0 spiro atoms. The highest BCUT2D eigenvalue weighted by atomic mass is 35.5. The van der Waals surface area contributed by atoms with Gasteiger partial charge in [-0.05, 0) is 24.8 Å². The Kier molecular flexibility index (Phi) is 4.43. The number of alkyl halides is 1. The van der Waals surface area contributed by atoms with Gasteiger partial charge in [-0.2, -0.15) is 0 Å². The summed E-state index contributed by atoms with van der Waals surface area (Å²) in [6.07, 6.45) is 5.66. The number of ether oxygens (including phenoxy) is 2. The van der Waals surface area contributed by atoms with Gasteiger partial charge in [0.2, 0.25) is 0 Å². The number of hydrogen-bond donors (Lipinski definition) is 0. The molecule has 1 aromatic heterocycles. The minimum atomic E-state index is 0.441. The lowest BCUT2D eigenvalue weighted by Crippen LogP contribution is -2.21. The highest BCUT2D eigenvalue weighted by Crippen LogP contribution is 2.21. The Hall–Kier alpha value is -0.800. The van der Waals surface area contributed by atoms with E-state index < -0.39 is 0 Å². The van der Waals surface area contributed by atoms with Gasteiger partial charge in [0.1, 0.15) is 5.75 Å². The summed E-state index contributed by atoms with van der Waals surface area (Å²) in [5, 5.41) is 0. The number of aromatic nitrogens is 1. The minimum Gasteiger partial charge on any atom is -0.493 e. The van der Waals surface area contributed by atoms with Gasteiger partial charge in [-0.25, -0.2) is 0 Å². The summed E-state index contributed by atoms with van der Waals surface area (Å²) in [6, 6.07) is 1.87. The smallest absolute Gasteiger partial charge is 0.126 e. The first-order valence-electron chi connectivity index (χ1n) is 5.59. The normalized spacial score (nSPS) is 17.3. The quantitative estimate of drug-likeness (QED) is 0.760. The molecule has 4 heteroatoms. The molecule has 0 amide bonds. The van der Waals surface area contributed by atoms with Crippen LogP contribution in [0, 0.1) is 5.92 Å². The fourth-order valence-corrected chi connectivity index (χ4v) is 1.98. The van der Waals surface area contributed by atoms with Gasteiger partial charge < -0.3 is 9.47 Å². The van der Waals surface area contributed by atoms with Crippen LogP contribution in [-0.2, 0) is 10.6 Å². The first kappa shape index (κ1) is 11.7. The number of nitrogens with zero attached hydrogens (tertiary/aromatic N) is 1. The molecule has 0 saturated carbocycles. The largest absolute Gasteiger partial charge is 0.493 e. The van der Waals surface area contributed by atoms with Gasteiger partial charge in [0.15, 0.2) is 0 Å². The van der Waals surface area contributed by atoms with E-state index in [0.717, 1.165) is 44.0 Å². The average Bonchev–Trinajstić information content (AvgIpc) is 2.38. The number of halogens is 1. The molecule has 2 heterocycles. The molecule has 1 saturated heterocycles. The third-order valence-corrected chi connectivity index (χ3v) is 3.11. The van der Waals surface area contributed by atoms with Gasteiger partial charge >= 0.3 is 0 Å².